The van der Waals surface area contributed by atoms with Gasteiger partial charge in [0.1, 0.15) is 11.9 Å². The second-order valence-electron chi connectivity index (χ2n) is 3.99. The highest BCUT2D eigenvalue weighted by molar-refractivity contribution is 5.35. The molecule has 0 saturated heterocycles. The standard InChI is InChI=1S/C12H16O3/c13-7-11(14)10-3-1-2-4-12(10)15-8-9-5-6-9/h1-4,9,11,13-14H,5-8H2. The van der Waals surface area contributed by atoms with Crippen molar-refractivity contribution >= 4 is 0 Å². The fourth-order valence-corrected chi connectivity index (χ4v) is 1.48. The molecule has 2 rings (SSSR count). The molecule has 3 nitrogen and oxygen atoms in total. The normalized spacial score (nSPS) is 17.5. The highest BCUT2D eigenvalue weighted by atomic mass is 16.5. The van der Waals surface area contributed by atoms with Crippen LogP contribution >= 0.6 is 0 Å². The van der Waals surface area contributed by atoms with Crippen LogP contribution < -0.4 is 4.74 Å². The third kappa shape index (κ3) is 2.70. The van der Waals surface area contributed by atoms with Gasteiger partial charge in [-0.2, -0.15) is 0 Å². The molecule has 1 atom stereocenters. The fourth-order valence-electron chi connectivity index (χ4n) is 1.48. The van der Waals surface area contributed by atoms with E-state index in [4.69, 9.17) is 9.84 Å². The van der Waals surface area contributed by atoms with E-state index >= 15 is 0 Å². The molecule has 1 saturated carbocycles. The molecule has 1 aromatic rings. The minimum Gasteiger partial charge on any atom is -0.493 e. The zero-order chi connectivity index (χ0) is 10.7. The van der Waals surface area contributed by atoms with Crippen molar-refractivity contribution in [1.82, 2.24) is 0 Å². The molecule has 15 heavy (non-hydrogen) atoms. The molecule has 0 aliphatic heterocycles. The van der Waals surface area contributed by atoms with Crippen LogP contribution in [0.15, 0.2) is 24.3 Å². The monoisotopic (exact) mass is 208 g/mol. The van der Waals surface area contributed by atoms with Gasteiger partial charge in [-0.05, 0) is 24.8 Å². The molecular formula is C12H16O3. The van der Waals surface area contributed by atoms with Gasteiger partial charge in [-0.3, -0.25) is 0 Å². The summed E-state index contributed by atoms with van der Waals surface area (Å²) in [6.45, 7) is 0.443. The predicted octanol–water partition coefficient (Wildman–Crippen LogP) is 1.50. The Kier molecular flexibility index (Phi) is 3.23. The Bertz CT molecular complexity index is 320. The Morgan fingerprint density at radius 2 is 2.07 bits per heavy atom. The van der Waals surface area contributed by atoms with Gasteiger partial charge in [0.05, 0.1) is 13.2 Å². The van der Waals surface area contributed by atoms with E-state index in [-0.39, 0.29) is 6.61 Å². The molecule has 0 spiro atoms. The second-order valence-corrected chi connectivity index (χ2v) is 3.99. The van der Waals surface area contributed by atoms with Crippen molar-refractivity contribution in [3.8, 4) is 5.75 Å². The van der Waals surface area contributed by atoms with E-state index in [0.29, 0.717) is 17.2 Å². The largest absolute Gasteiger partial charge is 0.493 e. The van der Waals surface area contributed by atoms with Crippen LogP contribution in [0.25, 0.3) is 0 Å². The van der Waals surface area contributed by atoms with Crippen LogP contribution in [0.1, 0.15) is 24.5 Å². The Morgan fingerprint density at radius 3 is 2.73 bits per heavy atom. The summed E-state index contributed by atoms with van der Waals surface area (Å²) in [5.74, 6) is 1.37. The third-order valence-corrected chi connectivity index (χ3v) is 2.62. The first-order valence-electron chi connectivity index (χ1n) is 5.32. The van der Waals surface area contributed by atoms with Gasteiger partial charge >= 0.3 is 0 Å². The van der Waals surface area contributed by atoms with Gasteiger partial charge < -0.3 is 14.9 Å². The van der Waals surface area contributed by atoms with Crippen molar-refractivity contribution in [3.05, 3.63) is 29.8 Å². The molecule has 3 heteroatoms. The van der Waals surface area contributed by atoms with E-state index in [2.05, 4.69) is 0 Å². The summed E-state index contributed by atoms with van der Waals surface area (Å²) in [7, 11) is 0. The smallest absolute Gasteiger partial charge is 0.125 e. The topological polar surface area (TPSA) is 49.7 Å². The summed E-state index contributed by atoms with van der Waals surface area (Å²) in [5.41, 5.74) is 0.667. The van der Waals surface area contributed by atoms with Crippen LogP contribution in [-0.2, 0) is 0 Å². The number of rotatable bonds is 5. The van der Waals surface area contributed by atoms with Gasteiger partial charge in [0, 0.05) is 5.56 Å². The number of benzene rings is 1. The molecule has 1 aliphatic carbocycles. The van der Waals surface area contributed by atoms with E-state index in [1.807, 2.05) is 18.2 Å². The fraction of sp³-hybridized carbons (Fsp3) is 0.500. The lowest BCUT2D eigenvalue weighted by Gasteiger charge is -2.14. The summed E-state index contributed by atoms with van der Waals surface area (Å²) in [5, 5.41) is 18.5. The minimum atomic E-state index is -0.847. The van der Waals surface area contributed by atoms with Gasteiger partial charge in [0.15, 0.2) is 0 Å². The van der Waals surface area contributed by atoms with Crippen molar-refractivity contribution in [2.24, 2.45) is 5.92 Å². The van der Waals surface area contributed by atoms with Crippen LogP contribution in [0.3, 0.4) is 0 Å². The van der Waals surface area contributed by atoms with Crippen LogP contribution in [0.2, 0.25) is 0 Å². The summed E-state index contributed by atoms with van der Waals surface area (Å²) >= 11 is 0. The summed E-state index contributed by atoms with van der Waals surface area (Å²) in [4.78, 5) is 0. The summed E-state index contributed by atoms with van der Waals surface area (Å²) in [6, 6.07) is 7.31. The molecule has 0 aromatic heterocycles. The van der Waals surface area contributed by atoms with Crippen LogP contribution in [0.4, 0.5) is 0 Å². The van der Waals surface area contributed by atoms with Crippen molar-refractivity contribution in [2.45, 2.75) is 18.9 Å². The van der Waals surface area contributed by atoms with Crippen molar-refractivity contribution in [3.63, 3.8) is 0 Å². The Balaban J connectivity index is 2.05. The number of hydrogen-bond acceptors (Lipinski definition) is 3. The number of aliphatic hydroxyl groups excluding tert-OH is 2. The molecule has 82 valence electrons. The lowest BCUT2D eigenvalue weighted by Crippen LogP contribution is -2.07. The molecule has 2 N–H and O–H groups in total. The maximum atomic E-state index is 9.56. The Morgan fingerprint density at radius 1 is 1.33 bits per heavy atom. The van der Waals surface area contributed by atoms with Gasteiger partial charge in [-0.1, -0.05) is 18.2 Å². The molecule has 0 radical (unpaired) electrons. The van der Waals surface area contributed by atoms with Crippen molar-refractivity contribution in [2.75, 3.05) is 13.2 Å². The van der Waals surface area contributed by atoms with Crippen molar-refractivity contribution < 1.29 is 14.9 Å². The van der Waals surface area contributed by atoms with Crippen LogP contribution in [-0.4, -0.2) is 23.4 Å². The zero-order valence-corrected chi connectivity index (χ0v) is 8.60. The molecule has 1 aromatic carbocycles. The van der Waals surface area contributed by atoms with E-state index in [1.165, 1.54) is 12.8 Å². The predicted molar refractivity (Wildman–Crippen MR) is 56.7 cm³/mol. The van der Waals surface area contributed by atoms with E-state index in [0.717, 1.165) is 6.61 Å². The quantitative estimate of drug-likeness (QED) is 0.771. The van der Waals surface area contributed by atoms with Gasteiger partial charge in [-0.15, -0.1) is 0 Å². The number of ether oxygens (including phenoxy) is 1. The number of hydrogen-bond donors (Lipinski definition) is 2. The molecule has 0 heterocycles. The van der Waals surface area contributed by atoms with E-state index < -0.39 is 6.10 Å². The minimum absolute atomic E-state index is 0.274. The first kappa shape index (κ1) is 10.5. The Labute approximate surface area is 89.3 Å². The maximum Gasteiger partial charge on any atom is 0.125 e. The average Bonchev–Trinajstić information content (AvgIpc) is 3.09. The highest BCUT2D eigenvalue weighted by Crippen LogP contribution is 2.31. The lowest BCUT2D eigenvalue weighted by molar-refractivity contribution is 0.0924. The third-order valence-electron chi connectivity index (χ3n) is 2.62. The zero-order valence-electron chi connectivity index (χ0n) is 8.60. The molecular weight excluding hydrogens is 192 g/mol. The van der Waals surface area contributed by atoms with Crippen LogP contribution in [0, 0.1) is 5.92 Å². The molecule has 0 bridgehead atoms. The summed E-state index contributed by atoms with van der Waals surface area (Å²) in [6.07, 6.45) is 1.63. The number of para-hydroxylation sites is 1. The first-order valence-corrected chi connectivity index (χ1v) is 5.32. The molecule has 0 amide bonds. The lowest BCUT2D eigenvalue weighted by atomic mass is 10.1. The van der Waals surface area contributed by atoms with E-state index in [9.17, 15) is 5.11 Å². The maximum absolute atomic E-state index is 9.56. The number of aliphatic hydroxyl groups is 2. The van der Waals surface area contributed by atoms with Gasteiger partial charge in [-0.25, -0.2) is 0 Å². The second kappa shape index (κ2) is 4.64. The van der Waals surface area contributed by atoms with Crippen LogP contribution in [0.5, 0.6) is 5.75 Å². The van der Waals surface area contributed by atoms with E-state index in [1.54, 1.807) is 6.07 Å². The Hall–Kier alpha value is -1.06. The van der Waals surface area contributed by atoms with Gasteiger partial charge in [0.25, 0.3) is 0 Å². The average molecular weight is 208 g/mol. The molecule has 1 fully saturated rings. The highest BCUT2D eigenvalue weighted by Gasteiger charge is 2.22. The molecule has 1 unspecified atom stereocenters. The molecule has 1 aliphatic rings. The SMILES string of the molecule is OCC(O)c1ccccc1OCC1CC1. The summed E-state index contributed by atoms with van der Waals surface area (Å²) < 4.78 is 5.61. The van der Waals surface area contributed by atoms with Gasteiger partial charge in [0.2, 0.25) is 0 Å². The van der Waals surface area contributed by atoms with Crippen molar-refractivity contribution in [1.29, 1.82) is 0 Å². The first-order chi connectivity index (χ1) is 7.31.